The van der Waals surface area contributed by atoms with Crippen LogP contribution >= 0.6 is 34.7 Å². The number of nitrogens with one attached hydrogen (secondary N) is 1. The molecule has 2 N–H and O–H groups in total. The quantitative estimate of drug-likeness (QED) is 0.562. The number of halogens is 1. The molecule has 0 radical (unpaired) electrons. The van der Waals surface area contributed by atoms with Crippen molar-refractivity contribution in [2.45, 2.75) is 18.2 Å². The van der Waals surface area contributed by atoms with Crippen molar-refractivity contribution in [2.75, 3.05) is 5.75 Å². The molecule has 1 atom stereocenters. The van der Waals surface area contributed by atoms with Crippen LogP contribution in [0.25, 0.3) is 0 Å². The number of hydrogen-bond donors (Lipinski definition) is 2. The van der Waals surface area contributed by atoms with Crippen molar-refractivity contribution in [3.8, 4) is 0 Å². The van der Waals surface area contributed by atoms with Crippen LogP contribution in [-0.2, 0) is 15.3 Å². The Hall–Kier alpha value is -0.790. The molecule has 8 heteroatoms. The first-order chi connectivity index (χ1) is 8.13. The summed E-state index contributed by atoms with van der Waals surface area (Å²) in [6.45, 7) is 0. The Labute approximate surface area is 112 Å². The minimum absolute atomic E-state index is 0.394. The molecule has 0 aliphatic heterocycles. The number of carboxylic acid groups (broad SMARTS) is 1. The second-order valence-corrected chi connectivity index (χ2v) is 5.90. The van der Waals surface area contributed by atoms with Gasteiger partial charge in [0.05, 0.1) is 0 Å². The molecule has 0 aliphatic rings. The van der Waals surface area contributed by atoms with Crippen LogP contribution in [0.5, 0.6) is 0 Å². The first kappa shape index (κ1) is 14.3. The van der Waals surface area contributed by atoms with Crippen molar-refractivity contribution in [3.05, 3.63) is 15.5 Å². The van der Waals surface area contributed by atoms with Gasteiger partial charge in [-0.15, -0.1) is 11.3 Å². The van der Waals surface area contributed by atoms with E-state index in [4.69, 9.17) is 16.7 Å². The maximum Gasteiger partial charge on any atom is 0.326 e. The molecule has 94 valence electrons. The average molecular weight is 295 g/mol. The van der Waals surface area contributed by atoms with E-state index in [-0.39, 0.29) is 0 Å². The molecule has 1 heterocycles. The number of aromatic nitrogens is 1. The lowest BCUT2D eigenvalue weighted by Crippen LogP contribution is -2.36. The summed E-state index contributed by atoms with van der Waals surface area (Å²) in [6.07, 6.45) is 2.51. The van der Waals surface area contributed by atoms with E-state index in [0.29, 0.717) is 23.1 Å². The maximum absolute atomic E-state index is 10.7. The second-order valence-electron chi connectivity index (χ2n) is 3.10. The van der Waals surface area contributed by atoms with E-state index in [1.54, 1.807) is 18.0 Å². The lowest BCUT2D eigenvalue weighted by Gasteiger charge is -2.09. The molecular weight excluding hydrogens is 284 g/mol. The fourth-order valence-electron chi connectivity index (χ4n) is 1.08. The van der Waals surface area contributed by atoms with Gasteiger partial charge in [-0.05, 0) is 12.2 Å². The first-order valence-corrected chi connectivity index (χ1v) is 7.09. The molecule has 1 rings (SSSR count). The number of aliphatic carboxylic acids is 1. The monoisotopic (exact) mass is 294 g/mol. The highest BCUT2D eigenvalue weighted by Crippen LogP contribution is 2.22. The SMILES string of the molecule is O=CNC(CCSCc1cnc(Cl)s1)C(=O)O. The molecule has 0 saturated carbocycles. The van der Waals surface area contributed by atoms with Gasteiger partial charge in [0, 0.05) is 16.8 Å². The van der Waals surface area contributed by atoms with E-state index in [2.05, 4.69) is 10.3 Å². The van der Waals surface area contributed by atoms with E-state index in [1.807, 2.05) is 0 Å². The van der Waals surface area contributed by atoms with Gasteiger partial charge in [0.25, 0.3) is 0 Å². The van der Waals surface area contributed by atoms with Crippen LogP contribution in [0.2, 0.25) is 4.47 Å². The van der Waals surface area contributed by atoms with Crippen molar-refractivity contribution >= 4 is 47.1 Å². The standard InChI is InChI=1S/C9H11ClN2O3S2/c10-9-11-3-6(17-9)4-16-2-1-7(8(14)15)12-5-13/h3,5,7H,1-2,4H2,(H,12,13)(H,14,15). The smallest absolute Gasteiger partial charge is 0.326 e. The zero-order valence-corrected chi connectivity index (χ0v) is 11.1. The Bertz CT molecular complexity index is 386. The van der Waals surface area contributed by atoms with Crippen molar-refractivity contribution < 1.29 is 14.7 Å². The zero-order chi connectivity index (χ0) is 12.7. The first-order valence-electron chi connectivity index (χ1n) is 4.74. The number of carbonyl (C=O) groups is 2. The predicted octanol–water partition coefficient (Wildman–Crippen LogP) is 1.62. The van der Waals surface area contributed by atoms with Crippen molar-refractivity contribution in [2.24, 2.45) is 0 Å². The number of carbonyl (C=O) groups excluding carboxylic acids is 1. The molecule has 1 amide bonds. The molecular formula is C9H11ClN2O3S2. The van der Waals surface area contributed by atoms with Crippen LogP contribution in [-0.4, -0.2) is 34.3 Å². The van der Waals surface area contributed by atoms with Crippen LogP contribution in [0.4, 0.5) is 0 Å². The van der Waals surface area contributed by atoms with Gasteiger partial charge >= 0.3 is 5.97 Å². The molecule has 17 heavy (non-hydrogen) atoms. The summed E-state index contributed by atoms with van der Waals surface area (Å²) in [5, 5.41) is 11.0. The summed E-state index contributed by atoms with van der Waals surface area (Å²) in [7, 11) is 0. The minimum atomic E-state index is -1.02. The normalized spacial score (nSPS) is 12.1. The second kappa shape index (κ2) is 7.52. The summed E-state index contributed by atoms with van der Waals surface area (Å²) < 4.78 is 0.506. The number of amides is 1. The molecule has 0 saturated heterocycles. The van der Waals surface area contributed by atoms with Gasteiger partial charge < -0.3 is 10.4 Å². The Morgan fingerprint density at radius 3 is 3.06 bits per heavy atom. The van der Waals surface area contributed by atoms with Crippen molar-refractivity contribution in [1.29, 1.82) is 0 Å². The summed E-state index contributed by atoms with van der Waals surface area (Å²) >= 11 is 8.67. The minimum Gasteiger partial charge on any atom is -0.480 e. The lowest BCUT2D eigenvalue weighted by molar-refractivity contribution is -0.140. The summed E-state index contributed by atoms with van der Waals surface area (Å²) in [4.78, 5) is 25.8. The Morgan fingerprint density at radius 1 is 1.76 bits per heavy atom. The van der Waals surface area contributed by atoms with E-state index < -0.39 is 12.0 Å². The van der Waals surface area contributed by atoms with Crippen molar-refractivity contribution in [1.82, 2.24) is 10.3 Å². The highest BCUT2D eigenvalue weighted by molar-refractivity contribution is 7.98. The van der Waals surface area contributed by atoms with Crippen LogP contribution in [0.3, 0.4) is 0 Å². The number of rotatable bonds is 8. The van der Waals surface area contributed by atoms with E-state index in [9.17, 15) is 9.59 Å². The molecule has 0 aromatic carbocycles. The van der Waals surface area contributed by atoms with E-state index >= 15 is 0 Å². The molecule has 0 fully saturated rings. The molecule has 0 aliphatic carbocycles. The fourth-order valence-corrected chi connectivity index (χ4v) is 3.17. The van der Waals surface area contributed by atoms with Crippen LogP contribution in [0, 0.1) is 0 Å². The maximum atomic E-state index is 10.7. The molecule has 1 aromatic rings. The number of nitrogens with zero attached hydrogens (tertiary/aromatic N) is 1. The largest absolute Gasteiger partial charge is 0.480 e. The number of carboxylic acids is 1. The number of thiazole rings is 1. The van der Waals surface area contributed by atoms with Crippen LogP contribution < -0.4 is 5.32 Å². The van der Waals surface area contributed by atoms with Gasteiger partial charge in [-0.1, -0.05) is 11.6 Å². The average Bonchev–Trinajstić information content (AvgIpc) is 2.68. The summed E-state index contributed by atoms with van der Waals surface area (Å²) in [6, 6.07) is -0.815. The molecule has 0 bridgehead atoms. The molecule has 1 aromatic heterocycles. The van der Waals surface area contributed by atoms with E-state index in [0.717, 1.165) is 10.6 Å². The topological polar surface area (TPSA) is 79.3 Å². The third-order valence-electron chi connectivity index (χ3n) is 1.89. The number of thioether (sulfide) groups is 1. The van der Waals surface area contributed by atoms with Gasteiger partial charge in [0.15, 0.2) is 4.47 Å². The number of hydrogen-bond acceptors (Lipinski definition) is 5. The summed E-state index contributed by atoms with van der Waals surface area (Å²) in [5.74, 6) is 0.379. The Morgan fingerprint density at radius 2 is 2.53 bits per heavy atom. The van der Waals surface area contributed by atoms with E-state index in [1.165, 1.54) is 11.3 Å². The third-order valence-corrected chi connectivity index (χ3v) is 4.22. The molecule has 1 unspecified atom stereocenters. The Kier molecular flexibility index (Phi) is 6.31. The highest BCUT2D eigenvalue weighted by Gasteiger charge is 2.15. The third kappa shape index (κ3) is 5.38. The summed E-state index contributed by atoms with van der Waals surface area (Å²) in [5.41, 5.74) is 0. The predicted molar refractivity (Wildman–Crippen MR) is 68.5 cm³/mol. The van der Waals surface area contributed by atoms with Gasteiger partial charge in [0.1, 0.15) is 6.04 Å². The van der Waals surface area contributed by atoms with Gasteiger partial charge in [0.2, 0.25) is 6.41 Å². The van der Waals surface area contributed by atoms with Gasteiger partial charge in [-0.3, -0.25) is 4.79 Å². The fraction of sp³-hybridized carbons (Fsp3) is 0.444. The molecule has 5 nitrogen and oxygen atoms in total. The van der Waals surface area contributed by atoms with Crippen molar-refractivity contribution in [3.63, 3.8) is 0 Å². The Balaban J connectivity index is 2.22. The van der Waals surface area contributed by atoms with Gasteiger partial charge in [-0.2, -0.15) is 11.8 Å². The van der Waals surface area contributed by atoms with Crippen LogP contribution in [0.15, 0.2) is 6.20 Å². The zero-order valence-electron chi connectivity index (χ0n) is 8.76. The van der Waals surface area contributed by atoms with Crippen LogP contribution in [0.1, 0.15) is 11.3 Å². The molecule has 0 spiro atoms. The lowest BCUT2D eigenvalue weighted by atomic mass is 10.2. The highest BCUT2D eigenvalue weighted by atomic mass is 35.5. The van der Waals surface area contributed by atoms with Gasteiger partial charge in [-0.25, -0.2) is 9.78 Å².